The van der Waals surface area contributed by atoms with Crippen molar-refractivity contribution < 1.29 is 9.59 Å². The second-order valence-electron chi connectivity index (χ2n) is 7.61. The van der Waals surface area contributed by atoms with Crippen molar-refractivity contribution in [3.05, 3.63) is 66.5 Å². The molecule has 29 heavy (non-hydrogen) atoms. The topological polar surface area (TPSA) is 67.2 Å². The highest BCUT2D eigenvalue weighted by molar-refractivity contribution is 5.89. The van der Waals surface area contributed by atoms with Gasteiger partial charge in [-0.1, -0.05) is 42.5 Å². The molecule has 0 radical (unpaired) electrons. The van der Waals surface area contributed by atoms with Crippen LogP contribution in [-0.2, 0) is 16.1 Å². The normalized spacial score (nSPS) is 17.6. The van der Waals surface area contributed by atoms with E-state index in [1.807, 2.05) is 72.7 Å². The van der Waals surface area contributed by atoms with Crippen LogP contribution in [0.25, 0.3) is 11.0 Å². The Morgan fingerprint density at radius 1 is 1.17 bits per heavy atom. The summed E-state index contributed by atoms with van der Waals surface area (Å²) in [5.41, 5.74) is 3.17. The number of nitrogens with one attached hydrogen (secondary N) is 1. The number of aryl methyl sites for hydroxylation is 1. The van der Waals surface area contributed by atoms with E-state index in [-0.39, 0.29) is 30.2 Å². The molecule has 0 aliphatic carbocycles. The van der Waals surface area contributed by atoms with E-state index < -0.39 is 0 Å². The Morgan fingerprint density at radius 3 is 2.76 bits per heavy atom. The zero-order valence-electron chi connectivity index (χ0n) is 16.6. The molecule has 3 aromatic rings. The van der Waals surface area contributed by atoms with Gasteiger partial charge in [0.05, 0.1) is 29.3 Å². The minimum atomic E-state index is -0.275. The predicted molar refractivity (Wildman–Crippen MR) is 112 cm³/mol. The number of fused-ring (bicyclic) bond motifs is 1. The summed E-state index contributed by atoms with van der Waals surface area (Å²) < 4.78 is 2.10. The van der Waals surface area contributed by atoms with Crippen molar-refractivity contribution >= 4 is 22.8 Å². The van der Waals surface area contributed by atoms with Crippen LogP contribution in [0.2, 0.25) is 0 Å². The molecule has 6 nitrogen and oxygen atoms in total. The van der Waals surface area contributed by atoms with Crippen molar-refractivity contribution in [1.29, 1.82) is 0 Å². The molecule has 1 fully saturated rings. The molecule has 1 N–H and O–H groups in total. The number of para-hydroxylation sites is 2. The van der Waals surface area contributed by atoms with Gasteiger partial charge in [0.15, 0.2) is 0 Å². The van der Waals surface area contributed by atoms with Crippen LogP contribution in [0.3, 0.4) is 0 Å². The van der Waals surface area contributed by atoms with Crippen molar-refractivity contribution in [3.63, 3.8) is 0 Å². The number of likely N-dealkylation sites (tertiary alicyclic amines) is 1. The van der Waals surface area contributed by atoms with E-state index in [1.54, 1.807) is 0 Å². The third-order valence-electron chi connectivity index (χ3n) is 5.68. The van der Waals surface area contributed by atoms with Crippen LogP contribution >= 0.6 is 0 Å². The van der Waals surface area contributed by atoms with Crippen molar-refractivity contribution in [2.45, 2.75) is 32.4 Å². The monoisotopic (exact) mass is 390 g/mol. The summed E-state index contributed by atoms with van der Waals surface area (Å²) in [5.74, 6) is -0.259. The molecule has 2 amide bonds. The summed E-state index contributed by atoms with van der Waals surface area (Å²) in [6.45, 7) is 3.88. The quantitative estimate of drug-likeness (QED) is 0.630. The van der Waals surface area contributed by atoms with Crippen LogP contribution in [-0.4, -0.2) is 39.4 Å². The van der Waals surface area contributed by atoms with Gasteiger partial charge in [-0.25, -0.2) is 4.98 Å². The van der Waals surface area contributed by atoms with Gasteiger partial charge in [0.25, 0.3) is 0 Å². The average Bonchev–Trinajstić information content (AvgIpc) is 3.35. The van der Waals surface area contributed by atoms with Gasteiger partial charge in [0.1, 0.15) is 0 Å². The van der Waals surface area contributed by atoms with Crippen molar-refractivity contribution in [1.82, 2.24) is 19.8 Å². The molecule has 1 aliphatic heterocycles. The summed E-state index contributed by atoms with van der Waals surface area (Å²) in [5, 5.41) is 3.00. The van der Waals surface area contributed by atoms with Crippen LogP contribution in [0, 0.1) is 5.92 Å². The molecule has 150 valence electrons. The number of imidazole rings is 1. The van der Waals surface area contributed by atoms with Gasteiger partial charge in [0, 0.05) is 26.1 Å². The van der Waals surface area contributed by atoms with Crippen LogP contribution in [0.5, 0.6) is 0 Å². The molecule has 0 bridgehead atoms. The second kappa shape index (κ2) is 8.47. The van der Waals surface area contributed by atoms with Gasteiger partial charge in [-0.05, 0) is 31.0 Å². The highest BCUT2D eigenvalue weighted by Gasteiger charge is 2.36. The average molecular weight is 390 g/mol. The largest absolute Gasteiger partial charge is 0.356 e. The first-order valence-electron chi connectivity index (χ1n) is 10.2. The van der Waals surface area contributed by atoms with E-state index in [0.29, 0.717) is 13.1 Å². The van der Waals surface area contributed by atoms with Gasteiger partial charge in [0.2, 0.25) is 11.8 Å². The van der Waals surface area contributed by atoms with E-state index >= 15 is 0 Å². The molecule has 2 atom stereocenters. The fourth-order valence-corrected chi connectivity index (χ4v) is 3.99. The van der Waals surface area contributed by atoms with Gasteiger partial charge < -0.3 is 14.8 Å². The predicted octanol–water partition coefficient (Wildman–Crippen LogP) is 3.15. The SMILES string of the molecule is CC(c1ccccc1)N1CC(C(=O)NCCCn2cnc3ccccc32)CC1=O. The lowest BCUT2D eigenvalue weighted by molar-refractivity contribution is -0.130. The molecule has 2 unspecified atom stereocenters. The molecule has 0 spiro atoms. The number of nitrogens with zero attached hydrogens (tertiary/aromatic N) is 3. The Bertz CT molecular complexity index is 998. The molecular weight excluding hydrogens is 364 g/mol. The van der Waals surface area contributed by atoms with Crippen molar-refractivity contribution in [2.24, 2.45) is 5.92 Å². The molecule has 6 heteroatoms. The van der Waals surface area contributed by atoms with E-state index in [9.17, 15) is 9.59 Å². The summed E-state index contributed by atoms with van der Waals surface area (Å²) in [6.07, 6.45) is 2.94. The molecule has 2 aromatic carbocycles. The highest BCUT2D eigenvalue weighted by atomic mass is 16.2. The van der Waals surface area contributed by atoms with Gasteiger partial charge >= 0.3 is 0 Å². The number of carbonyl (C=O) groups excluding carboxylic acids is 2. The molecule has 1 aromatic heterocycles. The van der Waals surface area contributed by atoms with E-state index in [0.717, 1.165) is 29.6 Å². The number of carbonyl (C=O) groups is 2. The molecule has 4 rings (SSSR count). The zero-order chi connectivity index (χ0) is 20.2. The van der Waals surface area contributed by atoms with Crippen molar-refractivity contribution in [3.8, 4) is 0 Å². The maximum Gasteiger partial charge on any atom is 0.225 e. The summed E-state index contributed by atoms with van der Waals surface area (Å²) in [6, 6.07) is 17.9. The Kier molecular flexibility index (Phi) is 5.60. The number of rotatable bonds is 7. The van der Waals surface area contributed by atoms with Crippen LogP contribution in [0.4, 0.5) is 0 Å². The standard InChI is InChI=1S/C23H26N4O2/c1-17(18-8-3-2-4-9-18)27-15-19(14-22(27)28)23(29)24-12-7-13-26-16-25-20-10-5-6-11-21(20)26/h2-6,8-11,16-17,19H,7,12-15H2,1H3,(H,24,29). The summed E-state index contributed by atoms with van der Waals surface area (Å²) in [4.78, 5) is 31.2. The van der Waals surface area contributed by atoms with E-state index in [1.165, 1.54) is 0 Å². The lowest BCUT2D eigenvalue weighted by Crippen LogP contribution is -2.34. The Labute approximate surface area is 170 Å². The molecule has 1 saturated heterocycles. The van der Waals surface area contributed by atoms with Gasteiger partial charge in [-0.3, -0.25) is 9.59 Å². The number of benzene rings is 2. The molecule has 2 heterocycles. The van der Waals surface area contributed by atoms with E-state index in [2.05, 4.69) is 14.9 Å². The van der Waals surface area contributed by atoms with Crippen molar-refractivity contribution in [2.75, 3.05) is 13.1 Å². The Balaban J connectivity index is 1.26. The number of hydrogen-bond donors (Lipinski definition) is 1. The van der Waals surface area contributed by atoms with Gasteiger partial charge in [-0.2, -0.15) is 0 Å². The number of hydrogen-bond acceptors (Lipinski definition) is 3. The summed E-state index contributed by atoms with van der Waals surface area (Å²) in [7, 11) is 0. The summed E-state index contributed by atoms with van der Waals surface area (Å²) >= 11 is 0. The van der Waals surface area contributed by atoms with Crippen LogP contribution < -0.4 is 5.32 Å². The molecule has 1 aliphatic rings. The highest BCUT2D eigenvalue weighted by Crippen LogP contribution is 2.28. The van der Waals surface area contributed by atoms with Crippen LogP contribution in [0.15, 0.2) is 60.9 Å². The fourth-order valence-electron chi connectivity index (χ4n) is 3.99. The minimum absolute atomic E-state index is 0.0176. The van der Waals surface area contributed by atoms with E-state index in [4.69, 9.17) is 0 Å². The first kappa shape index (κ1) is 19.2. The third kappa shape index (κ3) is 4.16. The molecular formula is C23H26N4O2. The maximum absolute atomic E-state index is 12.6. The lowest BCUT2D eigenvalue weighted by Gasteiger charge is -2.25. The minimum Gasteiger partial charge on any atom is -0.356 e. The first-order chi connectivity index (χ1) is 14.1. The van der Waals surface area contributed by atoms with Crippen LogP contribution in [0.1, 0.15) is 31.4 Å². The first-order valence-corrected chi connectivity index (χ1v) is 10.2. The number of amides is 2. The molecule has 0 saturated carbocycles. The van der Waals surface area contributed by atoms with Gasteiger partial charge in [-0.15, -0.1) is 0 Å². The maximum atomic E-state index is 12.6. The fraction of sp³-hybridized carbons (Fsp3) is 0.348. The second-order valence-corrected chi connectivity index (χ2v) is 7.61. The Hall–Kier alpha value is -3.15. The lowest BCUT2D eigenvalue weighted by atomic mass is 10.1. The zero-order valence-corrected chi connectivity index (χ0v) is 16.6. The third-order valence-corrected chi connectivity index (χ3v) is 5.68. The number of aromatic nitrogens is 2. The smallest absolute Gasteiger partial charge is 0.225 e. The Morgan fingerprint density at radius 2 is 1.93 bits per heavy atom.